The second kappa shape index (κ2) is 12.3. The van der Waals surface area contributed by atoms with Crippen LogP contribution in [-0.4, -0.2) is 0 Å². The Balaban J connectivity index is 1.15. The van der Waals surface area contributed by atoms with Crippen molar-refractivity contribution in [2.45, 2.75) is 103 Å². The van der Waals surface area contributed by atoms with E-state index in [1.165, 1.54) is 88.2 Å². The number of benzene rings is 2. The third kappa shape index (κ3) is 7.11. The van der Waals surface area contributed by atoms with Crippen LogP contribution in [0.3, 0.4) is 0 Å². The minimum absolute atomic E-state index is 0.793. The number of halogens is 1. The van der Waals surface area contributed by atoms with E-state index in [2.05, 4.69) is 43.3 Å². The van der Waals surface area contributed by atoms with Gasteiger partial charge in [-0.25, -0.2) is 0 Å². The molecule has 2 aromatic carbocycles. The van der Waals surface area contributed by atoms with Crippen molar-refractivity contribution in [3.63, 3.8) is 0 Å². The smallest absolute Gasteiger partial charge is 0.0406 e. The van der Waals surface area contributed by atoms with Crippen LogP contribution in [0.15, 0.2) is 48.5 Å². The fourth-order valence-corrected chi connectivity index (χ4v) is 6.50. The van der Waals surface area contributed by atoms with Gasteiger partial charge in [0.2, 0.25) is 0 Å². The van der Waals surface area contributed by atoms with E-state index in [1.54, 1.807) is 5.56 Å². The molecule has 2 fully saturated rings. The zero-order valence-electron chi connectivity index (χ0n) is 20.2. The van der Waals surface area contributed by atoms with Crippen molar-refractivity contribution in [2.75, 3.05) is 0 Å². The molecule has 174 valence electrons. The summed E-state index contributed by atoms with van der Waals surface area (Å²) in [6.45, 7) is 2.35. The highest BCUT2D eigenvalue weighted by Crippen LogP contribution is 2.40. The molecule has 2 saturated carbocycles. The first-order valence-corrected chi connectivity index (χ1v) is 13.9. The van der Waals surface area contributed by atoms with Crippen LogP contribution >= 0.6 is 11.6 Å². The molecule has 0 bridgehead atoms. The molecule has 0 saturated heterocycles. The zero-order chi connectivity index (χ0) is 22.2. The van der Waals surface area contributed by atoms with Gasteiger partial charge in [-0.2, -0.15) is 0 Å². The summed E-state index contributed by atoms with van der Waals surface area (Å²) in [5.41, 5.74) is 4.39. The SMILES string of the molecule is CCCC1CCC(CCC2CCC(c3ccc(CCc4ccc(Cl)cc4)cc3)CC2)CC1. The average molecular weight is 451 g/mol. The summed E-state index contributed by atoms with van der Waals surface area (Å²) in [4.78, 5) is 0. The van der Waals surface area contributed by atoms with Crippen LogP contribution in [0.5, 0.6) is 0 Å². The molecule has 0 heterocycles. The Morgan fingerprint density at radius 1 is 0.594 bits per heavy atom. The van der Waals surface area contributed by atoms with Gasteiger partial charge in [-0.15, -0.1) is 0 Å². The number of hydrogen-bond donors (Lipinski definition) is 0. The minimum atomic E-state index is 0.793. The van der Waals surface area contributed by atoms with Crippen molar-refractivity contribution in [2.24, 2.45) is 17.8 Å². The first kappa shape index (κ1) is 23.9. The molecule has 0 aliphatic heterocycles. The number of rotatable bonds is 9. The highest BCUT2D eigenvalue weighted by atomic mass is 35.5. The Hall–Kier alpha value is -1.27. The topological polar surface area (TPSA) is 0 Å². The van der Waals surface area contributed by atoms with Gasteiger partial charge in [0.1, 0.15) is 0 Å². The fraction of sp³-hybridized carbons (Fsp3) is 0.613. The molecule has 2 aliphatic rings. The van der Waals surface area contributed by atoms with Gasteiger partial charge >= 0.3 is 0 Å². The van der Waals surface area contributed by atoms with E-state index in [1.807, 2.05) is 12.1 Å². The number of aryl methyl sites for hydroxylation is 2. The van der Waals surface area contributed by atoms with E-state index in [0.29, 0.717) is 0 Å². The maximum Gasteiger partial charge on any atom is 0.0406 e. The van der Waals surface area contributed by atoms with Gasteiger partial charge in [0, 0.05) is 5.02 Å². The van der Waals surface area contributed by atoms with Gasteiger partial charge in [0.05, 0.1) is 0 Å². The van der Waals surface area contributed by atoms with Crippen LogP contribution in [0.4, 0.5) is 0 Å². The van der Waals surface area contributed by atoms with Crippen LogP contribution in [0.2, 0.25) is 5.02 Å². The van der Waals surface area contributed by atoms with E-state index >= 15 is 0 Å². The fourth-order valence-electron chi connectivity index (χ4n) is 6.37. The van der Waals surface area contributed by atoms with Crippen LogP contribution in [-0.2, 0) is 12.8 Å². The van der Waals surface area contributed by atoms with Crippen LogP contribution in [0.1, 0.15) is 107 Å². The highest BCUT2D eigenvalue weighted by Gasteiger charge is 2.25. The summed E-state index contributed by atoms with van der Waals surface area (Å²) in [6.07, 6.45) is 19.8. The maximum atomic E-state index is 6.00. The molecule has 0 nitrogen and oxygen atoms in total. The Kier molecular flexibility index (Phi) is 9.15. The van der Waals surface area contributed by atoms with Crippen LogP contribution < -0.4 is 0 Å². The maximum absolute atomic E-state index is 6.00. The van der Waals surface area contributed by atoms with Crippen molar-refractivity contribution in [3.8, 4) is 0 Å². The molecule has 2 aromatic rings. The van der Waals surface area contributed by atoms with E-state index in [9.17, 15) is 0 Å². The predicted octanol–water partition coefficient (Wildman–Crippen LogP) is 9.79. The molecular formula is C31H43Cl. The van der Waals surface area contributed by atoms with Gasteiger partial charge in [0.15, 0.2) is 0 Å². The van der Waals surface area contributed by atoms with Gasteiger partial charge in [-0.1, -0.05) is 106 Å². The molecule has 0 aromatic heterocycles. The first-order chi connectivity index (χ1) is 15.7. The number of hydrogen-bond acceptors (Lipinski definition) is 0. The molecule has 0 spiro atoms. The third-order valence-electron chi connectivity index (χ3n) is 8.56. The predicted molar refractivity (Wildman–Crippen MR) is 140 cm³/mol. The highest BCUT2D eigenvalue weighted by molar-refractivity contribution is 6.30. The quantitative estimate of drug-likeness (QED) is 0.356. The van der Waals surface area contributed by atoms with Crippen molar-refractivity contribution in [3.05, 3.63) is 70.2 Å². The second-order valence-electron chi connectivity index (χ2n) is 10.8. The van der Waals surface area contributed by atoms with Crippen LogP contribution in [0, 0.1) is 17.8 Å². The van der Waals surface area contributed by atoms with E-state index in [-0.39, 0.29) is 0 Å². The second-order valence-corrected chi connectivity index (χ2v) is 11.3. The normalized spacial score (nSPS) is 26.2. The van der Waals surface area contributed by atoms with E-state index < -0.39 is 0 Å². The lowest BCUT2D eigenvalue weighted by Crippen LogP contribution is -2.17. The summed E-state index contributed by atoms with van der Waals surface area (Å²) >= 11 is 6.00. The van der Waals surface area contributed by atoms with Gasteiger partial charge in [-0.3, -0.25) is 0 Å². The third-order valence-corrected chi connectivity index (χ3v) is 8.81. The van der Waals surface area contributed by atoms with Gasteiger partial charge in [0.25, 0.3) is 0 Å². The molecule has 0 amide bonds. The molecule has 0 N–H and O–H groups in total. The lowest BCUT2D eigenvalue weighted by Gasteiger charge is -2.32. The minimum Gasteiger partial charge on any atom is -0.0843 e. The van der Waals surface area contributed by atoms with Crippen molar-refractivity contribution in [1.82, 2.24) is 0 Å². The van der Waals surface area contributed by atoms with Gasteiger partial charge < -0.3 is 0 Å². The summed E-state index contributed by atoms with van der Waals surface area (Å²) in [5.74, 6) is 3.89. The van der Waals surface area contributed by atoms with Crippen molar-refractivity contribution in [1.29, 1.82) is 0 Å². The molecule has 0 atom stereocenters. The van der Waals surface area contributed by atoms with Crippen molar-refractivity contribution < 1.29 is 0 Å². The van der Waals surface area contributed by atoms with E-state index in [0.717, 1.165) is 41.5 Å². The largest absolute Gasteiger partial charge is 0.0843 e. The molecule has 2 aliphatic carbocycles. The molecule has 32 heavy (non-hydrogen) atoms. The zero-order valence-corrected chi connectivity index (χ0v) is 21.0. The molecular weight excluding hydrogens is 408 g/mol. The molecule has 0 unspecified atom stereocenters. The summed E-state index contributed by atoms with van der Waals surface area (Å²) in [7, 11) is 0. The Morgan fingerprint density at radius 2 is 1.03 bits per heavy atom. The Bertz CT molecular complexity index is 774. The molecule has 4 rings (SSSR count). The van der Waals surface area contributed by atoms with E-state index in [4.69, 9.17) is 11.6 Å². The molecule has 0 radical (unpaired) electrons. The van der Waals surface area contributed by atoms with Crippen molar-refractivity contribution >= 4 is 11.6 Å². The summed E-state index contributed by atoms with van der Waals surface area (Å²) in [5, 5.41) is 0.822. The monoisotopic (exact) mass is 450 g/mol. The summed E-state index contributed by atoms with van der Waals surface area (Å²) < 4.78 is 0. The molecule has 1 heteroatoms. The van der Waals surface area contributed by atoms with Gasteiger partial charge in [-0.05, 0) is 91.0 Å². The average Bonchev–Trinajstić information content (AvgIpc) is 2.84. The standard InChI is InChI=1S/C31H43Cl/c1-2-3-24-4-6-25(7-5-24)8-9-26-12-18-29(19-13-26)30-20-14-27(15-21-30)10-11-28-16-22-31(32)23-17-28/h14-17,20-26,29H,2-13,18-19H2,1H3. The lowest BCUT2D eigenvalue weighted by molar-refractivity contribution is 0.224. The Morgan fingerprint density at radius 3 is 1.53 bits per heavy atom. The summed E-state index contributed by atoms with van der Waals surface area (Å²) in [6, 6.07) is 17.8. The first-order valence-electron chi connectivity index (χ1n) is 13.5. The van der Waals surface area contributed by atoms with Crippen LogP contribution in [0.25, 0.3) is 0 Å². The lowest BCUT2D eigenvalue weighted by atomic mass is 9.74. The Labute approximate surface area is 202 Å².